The highest BCUT2D eigenvalue weighted by molar-refractivity contribution is 7.18. The molecule has 1 aliphatic heterocycles. The lowest BCUT2D eigenvalue weighted by molar-refractivity contribution is -0.642. The predicted octanol–water partition coefficient (Wildman–Crippen LogP) is 5.05. The highest BCUT2D eigenvalue weighted by atomic mass is 32.1. The predicted molar refractivity (Wildman–Crippen MR) is 108 cm³/mol. The van der Waals surface area contributed by atoms with Crippen LogP contribution in [0.4, 0.5) is 5.69 Å². The first-order valence-corrected chi connectivity index (χ1v) is 9.41. The fourth-order valence-corrected chi connectivity index (χ4v) is 4.85. The van der Waals surface area contributed by atoms with Gasteiger partial charge >= 0.3 is 0 Å². The number of fused-ring (bicyclic) bond motifs is 2. The summed E-state index contributed by atoms with van der Waals surface area (Å²) >= 11 is 1.83. The van der Waals surface area contributed by atoms with Gasteiger partial charge in [0, 0.05) is 36.0 Å². The molecular weight excluding hydrogens is 324 g/mol. The van der Waals surface area contributed by atoms with Crippen molar-refractivity contribution in [3.63, 3.8) is 0 Å². The fourth-order valence-electron chi connectivity index (χ4n) is 3.79. The van der Waals surface area contributed by atoms with E-state index in [1.807, 2.05) is 11.3 Å². The summed E-state index contributed by atoms with van der Waals surface area (Å²) < 4.78 is 3.58. The van der Waals surface area contributed by atoms with Crippen molar-refractivity contribution in [2.24, 2.45) is 7.05 Å². The number of aromatic nitrogens is 1. The van der Waals surface area contributed by atoms with Gasteiger partial charge in [0.2, 0.25) is 5.52 Å². The van der Waals surface area contributed by atoms with Gasteiger partial charge in [-0.2, -0.15) is 4.57 Å². The van der Waals surface area contributed by atoms with Crippen molar-refractivity contribution in [2.75, 3.05) is 11.9 Å². The summed E-state index contributed by atoms with van der Waals surface area (Å²) in [6.45, 7) is 4.60. The van der Waals surface area contributed by atoms with Crippen LogP contribution in [0, 0.1) is 0 Å². The quantitative estimate of drug-likeness (QED) is 0.588. The molecule has 2 nitrogen and oxygen atoms in total. The summed E-state index contributed by atoms with van der Waals surface area (Å²) in [5, 5.41) is 1.26. The zero-order valence-corrected chi connectivity index (χ0v) is 16.0. The third-order valence-electron chi connectivity index (χ3n) is 5.21. The first-order chi connectivity index (χ1) is 12.0. The van der Waals surface area contributed by atoms with Crippen molar-refractivity contribution in [1.82, 2.24) is 0 Å². The smallest absolute Gasteiger partial charge is 0.262 e. The van der Waals surface area contributed by atoms with Gasteiger partial charge in [-0.15, -0.1) is 0 Å². The number of thiazole rings is 1. The Bertz CT molecular complexity index is 1010. The number of rotatable bonds is 2. The van der Waals surface area contributed by atoms with E-state index in [0.29, 0.717) is 0 Å². The third kappa shape index (κ3) is 2.50. The Morgan fingerprint density at radius 2 is 1.76 bits per heavy atom. The monoisotopic (exact) mass is 347 g/mol. The van der Waals surface area contributed by atoms with Gasteiger partial charge in [-0.1, -0.05) is 61.6 Å². The highest BCUT2D eigenvalue weighted by Crippen LogP contribution is 2.46. The second-order valence-electron chi connectivity index (χ2n) is 7.08. The Morgan fingerprint density at radius 1 is 1.04 bits per heavy atom. The average molecular weight is 348 g/mol. The zero-order valence-electron chi connectivity index (χ0n) is 15.2. The third-order valence-corrected chi connectivity index (χ3v) is 6.39. The Balaban J connectivity index is 1.70. The van der Waals surface area contributed by atoms with Gasteiger partial charge in [0.05, 0.1) is 0 Å². The van der Waals surface area contributed by atoms with Crippen LogP contribution in [-0.4, -0.2) is 7.05 Å². The molecule has 0 amide bonds. The molecule has 0 atom stereocenters. The topological polar surface area (TPSA) is 7.12 Å². The molecule has 3 aromatic rings. The van der Waals surface area contributed by atoms with Crippen molar-refractivity contribution in [3.8, 4) is 0 Å². The number of hydrogen-bond donors (Lipinski definition) is 0. The standard InChI is InChI=1S/C22H23N2S/c1-22(2)16-10-5-6-11-17(16)23(3)20(22)14-9-15-21-24(4)18-12-7-8-13-19(18)25-21/h5-15H,1-4H3/q+1. The SMILES string of the molecule is CN1/C(=C/C=C/c2sc3ccccc3[n+]2C)C(C)(C)c2ccccc21. The normalized spacial score (nSPS) is 17.8. The Morgan fingerprint density at radius 3 is 2.52 bits per heavy atom. The lowest BCUT2D eigenvalue weighted by Gasteiger charge is -2.23. The first kappa shape index (κ1) is 16.1. The lowest BCUT2D eigenvalue weighted by Crippen LogP contribution is -2.28. The van der Waals surface area contributed by atoms with Gasteiger partial charge in [-0.3, -0.25) is 0 Å². The minimum atomic E-state index is 0.0258. The number of hydrogen-bond acceptors (Lipinski definition) is 2. The van der Waals surface area contributed by atoms with Crippen LogP contribution >= 0.6 is 11.3 Å². The van der Waals surface area contributed by atoms with E-state index in [4.69, 9.17) is 0 Å². The van der Waals surface area contributed by atoms with Crippen molar-refractivity contribution < 1.29 is 4.57 Å². The number of aryl methyl sites for hydroxylation is 1. The Hall–Kier alpha value is -2.39. The summed E-state index contributed by atoms with van der Waals surface area (Å²) in [5.41, 5.74) is 5.33. The Labute approximate surface area is 153 Å². The van der Waals surface area contributed by atoms with Crippen LogP contribution in [-0.2, 0) is 12.5 Å². The molecule has 0 unspecified atom stereocenters. The molecule has 1 aliphatic rings. The largest absolute Gasteiger partial charge is 0.347 e. The van der Waals surface area contributed by atoms with E-state index in [9.17, 15) is 0 Å². The molecule has 0 saturated carbocycles. The second-order valence-corrected chi connectivity index (χ2v) is 8.14. The molecule has 25 heavy (non-hydrogen) atoms. The van der Waals surface area contributed by atoms with Crippen LogP contribution in [0.2, 0.25) is 0 Å². The maximum absolute atomic E-state index is 2.31. The van der Waals surface area contributed by atoms with Gasteiger partial charge < -0.3 is 4.90 Å². The summed E-state index contributed by atoms with van der Waals surface area (Å²) in [6, 6.07) is 17.2. The Kier molecular flexibility index (Phi) is 3.77. The zero-order chi connectivity index (χ0) is 17.6. The molecule has 1 aromatic heterocycles. The van der Waals surface area contributed by atoms with Crippen molar-refractivity contribution >= 4 is 33.3 Å². The number of benzene rings is 2. The van der Waals surface area contributed by atoms with Gasteiger partial charge in [-0.05, 0) is 23.8 Å². The molecule has 0 aliphatic carbocycles. The first-order valence-electron chi connectivity index (χ1n) is 8.60. The van der Waals surface area contributed by atoms with Crippen LogP contribution in [0.3, 0.4) is 0 Å². The summed E-state index contributed by atoms with van der Waals surface area (Å²) in [5.74, 6) is 0. The van der Waals surface area contributed by atoms with E-state index in [1.54, 1.807) is 0 Å². The maximum Gasteiger partial charge on any atom is 0.262 e. The molecule has 2 aromatic carbocycles. The molecule has 0 radical (unpaired) electrons. The molecule has 126 valence electrons. The van der Waals surface area contributed by atoms with Crippen LogP contribution < -0.4 is 9.47 Å². The molecule has 0 spiro atoms. The van der Waals surface area contributed by atoms with Gasteiger partial charge in [-0.25, -0.2) is 0 Å². The minimum absolute atomic E-state index is 0.0258. The highest BCUT2D eigenvalue weighted by Gasteiger charge is 2.37. The molecule has 2 heterocycles. The van der Waals surface area contributed by atoms with E-state index < -0.39 is 0 Å². The van der Waals surface area contributed by atoms with Crippen molar-refractivity contribution in [1.29, 1.82) is 0 Å². The number of likely N-dealkylation sites (N-methyl/N-ethyl adjacent to an activating group) is 1. The summed E-state index contributed by atoms with van der Waals surface area (Å²) in [4.78, 5) is 2.31. The maximum atomic E-state index is 2.31. The fraction of sp³-hybridized carbons (Fsp3) is 0.227. The number of anilines is 1. The van der Waals surface area contributed by atoms with E-state index in [0.717, 1.165) is 0 Å². The van der Waals surface area contributed by atoms with Crippen molar-refractivity contribution in [3.05, 3.63) is 77.0 Å². The second kappa shape index (κ2) is 5.85. The molecule has 3 heteroatoms. The molecule has 0 fully saturated rings. The van der Waals surface area contributed by atoms with Crippen molar-refractivity contribution in [2.45, 2.75) is 19.3 Å². The summed E-state index contributed by atoms with van der Waals surface area (Å²) in [7, 11) is 4.29. The van der Waals surface area contributed by atoms with Gasteiger partial charge in [0.15, 0.2) is 0 Å². The number of para-hydroxylation sites is 2. The van der Waals surface area contributed by atoms with Crippen LogP contribution in [0.1, 0.15) is 24.4 Å². The van der Waals surface area contributed by atoms with E-state index >= 15 is 0 Å². The summed E-state index contributed by atoms with van der Waals surface area (Å²) in [6.07, 6.45) is 6.65. The molecule has 0 N–H and O–H groups in total. The molecule has 0 saturated heterocycles. The molecule has 0 bridgehead atoms. The van der Waals surface area contributed by atoms with Gasteiger partial charge in [0.25, 0.3) is 5.01 Å². The number of nitrogens with zero attached hydrogens (tertiary/aromatic N) is 2. The average Bonchev–Trinajstić information content (AvgIpc) is 3.03. The van der Waals surface area contributed by atoms with Gasteiger partial charge in [0.1, 0.15) is 11.7 Å². The van der Waals surface area contributed by atoms with E-state index in [-0.39, 0.29) is 5.41 Å². The lowest BCUT2D eigenvalue weighted by atomic mass is 9.84. The minimum Gasteiger partial charge on any atom is -0.347 e. The van der Waals surface area contributed by atoms with E-state index in [2.05, 4.69) is 104 Å². The van der Waals surface area contributed by atoms with E-state index in [1.165, 1.54) is 32.2 Å². The number of allylic oxidation sites excluding steroid dienone is 3. The van der Waals surface area contributed by atoms with Crippen LogP contribution in [0.5, 0.6) is 0 Å². The van der Waals surface area contributed by atoms with Crippen LogP contribution in [0.25, 0.3) is 16.3 Å². The molecule has 4 rings (SSSR count). The molecular formula is C22H23N2S+. The van der Waals surface area contributed by atoms with Crippen LogP contribution in [0.15, 0.2) is 66.4 Å².